The smallest absolute Gasteiger partial charge is 0.273 e. The van der Waals surface area contributed by atoms with E-state index in [0.717, 1.165) is 15.4 Å². The quantitative estimate of drug-likeness (QED) is 0.398. The van der Waals surface area contributed by atoms with Gasteiger partial charge in [-0.1, -0.05) is 6.92 Å². The summed E-state index contributed by atoms with van der Waals surface area (Å²) >= 11 is 6.05. The van der Waals surface area contributed by atoms with Crippen molar-refractivity contribution in [1.29, 1.82) is 0 Å². The van der Waals surface area contributed by atoms with Gasteiger partial charge in [0.1, 0.15) is 0 Å². The van der Waals surface area contributed by atoms with E-state index in [1.54, 1.807) is 0 Å². The highest BCUT2D eigenvalue weighted by Gasteiger charge is 1.82. The molecule has 0 aromatic rings. The third-order valence-electron chi connectivity index (χ3n) is 0.263. The lowest BCUT2D eigenvalue weighted by Crippen LogP contribution is -1.83. The fourth-order valence-corrected chi connectivity index (χ4v) is 0. The summed E-state index contributed by atoms with van der Waals surface area (Å²) in [5.74, 6) is 1.07. The molecule has 0 aliphatic carbocycles. The minimum atomic E-state index is 0.400. The van der Waals surface area contributed by atoms with Crippen LogP contribution < -0.4 is 0 Å². The van der Waals surface area contributed by atoms with Crippen molar-refractivity contribution in [3.05, 3.63) is 6.92 Å². The molecule has 1 unspecified atom stereocenters. The first-order valence-electron chi connectivity index (χ1n) is 2.04. The van der Waals surface area contributed by atoms with Gasteiger partial charge in [0.15, 0.2) is 0 Å². The van der Waals surface area contributed by atoms with Crippen LogP contribution in [0.2, 0.25) is 0 Å². The zero-order valence-electron chi connectivity index (χ0n) is 4.75. The highest BCUT2D eigenvalue weighted by atomic mass is 35.6. The van der Waals surface area contributed by atoms with Gasteiger partial charge >= 0.3 is 15.4 Å². The van der Waals surface area contributed by atoms with Crippen LogP contribution >= 0.6 is 21.7 Å². The maximum Gasteiger partial charge on any atom is 0.353 e. The average molecular weight is 156 g/mol. The second kappa shape index (κ2) is 10.2. The van der Waals surface area contributed by atoms with Crippen molar-refractivity contribution in [3.8, 4) is 0 Å². The molecule has 7 heavy (non-hydrogen) atoms. The second-order valence-electron chi connectivity index (χ2n) is 1.26. The van der Waals surface area contributed by atoms with Gasteiger partial charge in [0.2, 0.25) is 0 Å². The monoisotopic (exact) mass is 155 g/mol. The third-order valence-corrected chi connectivity index (χ3v) is 0.790. The molecule has 43 valence electrons. The van der Waals surface area contributed by atoms with Crippen molar-refractivity contribution in [2.75, 3.05) is 5.88 Å². The van der Waals surface area contributed by atoms with Gasteiger partial charge < -0.3 is 0 Å². The highest BCUT2D eigenvalue weighted by molar-refractivity contribution is 6.80. The topological polar surface area (TPSA) is 0 Å². The van der Waals surface area contributed by atoms with Crippen LogP contribution in [0, 0.1) is 12.8 Å². The lowest BCUT2D eigenvalue weighted by molar-refractivity contribution is 0.837. The summed E-state index contributed by atoms with van der Waals surface area (Å²) in [4.78, 5) is 0. The Morgan fingerprint density at radius 1 is 1.71 bits per heavy atom. The van der Waals surface area contributed by atoms with Crippen LogP contribution in [-0.4, -0.2) is 21.2 Å². The minimum Gasteiger partial charge on any atom is -0.273 e. The Balaban J connectivity index is 0. The van der Waals surface area contributed by atoms with Crippen LogP contribution in [0.3, 0.4) is 0 Å². The Kier molecular flexibility index (Phi) is 16.0. The van der Waals surface area contributed by atoms with E-state index >= 15 is 0 Å². The average Bonchev–Trinajstić information content (AvgIpc) is 1.73. The van der Waals surface area contributed by atoms with E-state index in [9.17, 15) is 0 Å². The Bertz CT molecular complexity index is 23.7. The second-order valence-corrected chi connectivity index (χ2v) is 1.57. The molecular weight excluding hydrogens is 146 g/mol. The Morgan fingerprint density at radius 3 is 1.86 bits per heavy atom. The van der Waals surface area contributed by atoms with Gasteiger partial charge in [-0.15, -0.1) is 11.6 Å². The molecule has 0 heterocycles. The van der Waals surface area contributed by atoms with E-state index in [4.69, 9.17) is 21.7 Å². The maximum absolute atomic E-state index is 5.27. The zero-order chi connectivity index (χ0) is 6.28. The van der Waals surface area contributed by atoms with Crippen molar-refractivity contribution >= 4 is 37.0 Å². The standard InChI is InChI=1S/C4H8Cl.Al.ClH.2H/c1-4(2)3-5;;;;/h4H,1,3H2,2H3;;1H;;/q;+1;;;/p-1. The first-order valence-corrected chi connectivity index (χ1v) is 5.60. The van der Waals surface area contributed by atoms with Crippen molar-refractivity contribution in [1.82, 2.24) is 0 Å². The molecule has 0 fully saturated rings. The number of rotatable bonds is 1. The summed E-state index contributed by atoms with van der Waals surface area (Å²) in [6, 6.07) is 0. The van der Waals surface area contributed by atoms with E-state index < -0.39 is 0 Å². The Labute approximate surface area is 62.8 Å². The van der Waals surface area contributed by atoms with Gasteiger partial charge in [0, 0.05) is 5.88 Å². The van der Waals surface area contributed by atoms with Crippen LogP contribution in [0.25, 0.3) is 0 Å². The number of alkyl halides is 1. The normalized spacial score (nSPS) is 7.57. The van der Waals surface area contributed by atoms with Gasteiger partial charge in [0.05, 0.1) is 0 Å². The first-order chi connectivity index (χ1) is 3.27. The van der Waals surface area contributed by atoms with Crippen molar-refractivity contribution in [2.24, 2.45) is 5.92 Å². The fourth-order valence-electron chi connectivity index (χ4n) is 0. The number of hydrogen-bond donors (Lipinski definition) is 0. The lowest BCUT2D eigenvalue weighted by Gasteiger charge is -1.88. The molecule has 0 bridgehead atoms. The van der Waals surface area contributed by atoms with E-state index in [1.165, 1.54) is 0 Å². The van der Waals surface area contributed by atoms with Crippen molar-refractivity contribution < 1.29 is 0 Å². The molecule has 0 rings (SSSR count). The minimum absolute atomic E-state index is 0.400. The molecule has 0 nitrogen and oxygen atoms in total. The summed E-state index contributed by atoms with van der Waals surface area (Å²) in [7, 11) is 4.78. The summed E-state index contributed by atoms with van der Waals surface area (Å²) in [5, 5.41) is 0. The summed E-state index contributed by atoms with van der Waals surface area (Å²) in [6.45, 7) is 5.60. The van der Waals surface area contributed by atoms with Crippen molar-refractivity contribution in [3.63, 3.8) is 0 Å². The molecule has 0 saturated heterocycles. The number of halogens is 2. The predicted molar refractivity (Wildman–Crippen MR) is 39.6 cm³/mol. The van der Waals surface area contributed by atoms with Crippen LogP contribution in [0.5, 0.6) is 0 Å². The summed E-state index contributed by atoms with van der Waals surface area (Å²) in [6.07, 6.45) is 0. The lowest BCUT2D eigenvalue weighted by atomic mass is 10.3. The molecular formula is C4H10AlCl2. The molecule has 0 aromatic heterocycles. The van der Waals surface area contributed by atoms with Crippen LogP contribution in [-0.2, 0) is 0 Å². The van der Waals surface area contributed by atoms with E-state index in [1.807, 2.05) is 6.92 Å². The molecule has 0 saturated carbocycles. The first kappa shape index (κ1) is 11.0. The van der Waals surface area contributed by atoms with Gasteiger partial charge in [-0.2, -0.15) is 0 Å². The summed E-state index contributed by atoms with van der Waals surface area (Å²) in [5.41, 5.74) is 0. The Morgan fingerprint density at radius 2 is 1.86 bits per heavy atom. The summed E-state index contributed by atoms with van der Waals surface area (Å²) < 4.78 is 0. The molecule has 0 aromatic carbocycles. The van der Waals surface area contributed by atoms with Gasteiger partial charge in [0.25, 0.3) is 0 Å². The zero-order valence-corrected chi connectivity index (χ0v) is 8.26. The van der Waals surface area contributed by atoms with Gasteiger partial charge in [-0.3, -0.25) is 10.0 Å². The SMILES string of the molecule is [AlH2][Cl].[CH2]C(C)CCl. The highest BCUT2D eigenvalue weighted by Crippen LogP contribution is 1.90. The van der Waals surface area contributed by atoms with Crippen LogP contribution in [0.4, 0.5) is 0 Å². The molecule has 0 aliphatic rings. The van der Waals surface area contributed by atoms with E-state index in [0.29, 0.717) is 11.8 Å². The third kappa shape index (κ3) is 19.2. The predicted octanol–water partition coefficient (Wildman–Crippen LogP) is 1.47. The maximum atomic E-state index is 5.27. The van der Waals surface area contributed by atoms with E-state index in [2.05, 4.69) is 6.92 Å². The molecule has 1 atom stereocenters. The molecule has 1 radical (unpaired) electrons. The van der Waals surface area contributed by atoms with Gasteiger partial charge in [-0.25, -0.2) is 0 Å². The van der Waals surface area contributed by atoms with Crippen LogP contribution in [0.15, 0.2) is 0 Å². The van der Waals surface area contributed by atoms with Crippen molar-refractivity contribution in [2.45, 2.75) is 6.92 Å². The number of hydrogen-bond acceptors (Lipinski definition) is 0. The molecule has 0 aliphatic heterocycles. The fraction of sp³-hybridized carbons (Fsp3) is 0.750. The molecule has 3 heteroatoms. The van der Waals surface area contributed by atoms with Gasteiger partial charge in [-0.05, 0) is 12.8 Å². The molecule has 0 amide bonds. The molecule has 0 spiro atoms. The van der Waals surface area contributed by atoms with E-state index in [-0.39, 0.29) is 0 Å². The molecule has 0 N–H and O–H groups in total. The Hall–Kier alpha value is 1.11. The largest absolute Gasteiger partial charge is 0.353 e. The van der Waals surface area contributed by atoms with Crippen LogP contribution in [0.1, 0.15) is 6.92 Å².